The van der Waals surface area contributed by atoms with Crippen LogP contribution in [-0.4, -0.2) is 39.8 Å². The van der Waals surface area contributed by atoms with Crippen molar-refractivity contribution in [3.05, 3.63) is 23.8 Å². The van der Waals surface area contributed by atoms with E-state index in [1.165, 1.54) is 0 Å². The van der Waals surface area contributed by atoms with E-state index in [1.54, 1.807) is 25.1 Å². The summed E-state index contributed by atoms with van der Waals surface area (Å²) in [5.41, 5.74) is 7.74. The molecule has 1 saturated heterocycles. The lowest BCUT2D eigenvalue weighted by Gasteiger charge is -2.26. The van der Waals surface area contributed by atoms with Gasteiger partial charge in [0.1, 0.15) is 0 Å². The molecule has 1 aromatic carbocycles. The highest BCUT2D eigenvalue weighted by molar-refractivity contribution is 7.92. The van der Waals surface area contributed by atoms with Crippen LogP contribution in [0.25, 0.3) is 0 Å². The van der Waals surface area contributed by atoms with E-state index >= 15 is 0 Å². The van der Waals surface area contributed by atoms with Gasteiger partial charge in [0.15, 0.2) is 0 Å². The van der Waals surface area contributed by atoms with Gasteiger partial charge >= 0.3 is 0 Å². The molecule has 128 valence electrons. The van der Waals surface area contributed by atoms with Gasteiger partial charge < -0.3 is 15.8 Å². The molecule has 0 radical (unpaired) electrons. The molecule has 1 heterocycles. The summed E-state index contributed by atoms with van der Waals surface area (Å²) >= 11 is 0. The molecule has 0 aliphatic carbocycles. The van der Waals surface area contributed by atoms with Gasteiger partial charge in [-0.25, -0.2) is 8.42 Å². The van der Waals surface area contributed by atoms with E-state index in [0.717, 1.165) is 24.7 Å². The second-order valence-corrected chi connectivity index (χ2v) is 7.62. The summed E-state index contributed by atoms with van der Waals surface area (Å²) in [6, 6.07) is 4.44. The van der Waals surface area contributed by atoms with Gasteiger partial charge in [-0.1, -0.05) is 6.07 Å². The lowest BCUT2D eigenvalue weighted by molar-refractivity contribution is -0.119. The zero-order valence-corrected chi connectivity index (χ0v) is 14.2. The number of nitrogens with two attached hydrogens (primary N) is 1. The molecule has 0 spiro atoms. The van der Waals surface area contributed by atoms with Gasteiger partial charge in [-0.15, -0.1) is 0 Å². The first kappa shape index (κ1) is 17.7. The molecule has 23 heavy (non-hydrogen) atoms. The van der Waals surface area contributed by atoms with E-state index < -0.39 is 16.1 Å². The minimum Gasteiger partial charge on any atom is -0.381 e. The van der Waals surface area contributed by atoms with Gasteiger partial charge in [0, 0.05) is 18.9 Å². The number of carbonyl (C=O) groups is 1. The molecule has 0 aromatic heterocycles. The summed E-state index contributed by atoms with van der Waals surface area (Å²) in [5, 5.41) is 2.75. The van der Waals surface area contributed by atoms with Crippen molar-refractivity contribution in [1.29, 1.82) is 0 Å². The van der Waals surface area contributed by atoms with Crippen molar-refractivity contribution in [1.82, 2.24) is 0 Å². The SMILES string of the molecule is Cc1ccc(NC(=O)C(N)C2CCOCC2)cc1NS(C)(=O)=O. The van der Waals surface area contributed by atoms with Gasteiger partial charge in [-0.3, -0.25) is 9.52 Å². The van der Waals surface area contributed by atoms with Crippen molar-refractivity contribution < 1.29 is 17.9 Å². The molecule has 4 N–H and O–H groups in total. The molecular weight excluding hydrogens is 318 g/mol. The van der Waals surface area contributed by atoms with Crippen LogP contribution in [0.1, 0.15) is 18.4 Å². The molecule has 8 heteroatoms. The smallest absolute Gasteiger partial charge is 0.241 e. The Hall–Kier alpha value is -1.64. The summed E-state index contributed by atoms with van der Waals surface area (Å²) in [7, 11) is -3.38. The number of sulfonamides is 1. The van der Waals surface area contributed by atoms with Crippen LogP contribution in [0.4, 0.5) is 11.4 Å². The Morgan fingerprint density at radius 3 is 2.61 bits per heavy atom. The Bertz CT molecular complexity index is 669. The van der Waals surface area contributed by atoms with Crippen LogP contribution < -0.4 is 15.8 Å². The Balaban J connectivity index is 2.07. The maximum absolute atomic E-state index is 12.3. The standard InChI is InChI=1S/C15H23N3O4S/c1-10-3-4-12(9-13(10)18-23(2,20)21)17-15(19)14(16)11-5-7-22-8-6-11/h3-4,9,11,14,18H,5-8,16H2,1-2H3,(H,17,19). The summed E-state index contributed by atoms with van der Waals surface area (Å²) < 4.78 is 30.4. The van der Waals surface area contributed by atoms with Crippen LogP contribution in [0.2, 0.25) is 0 Å². The van der Waals surface area contributed by atoms with Crippen LogP contribution in [0.5, 0.6) is 0 Å². The van der Waals surface area contributed by atoms with Crippen molar-refractivity contribution >= 4 is 27.3 Å². The average Bonchev–Trinajstić information content (AvgIpc) is 2.49. The van der Waals surface area contributed by atoms with E-state index in [9.17, 15) is 13.2 Å². The number of rotatable bonds is 5. The van der Waals surface area contributed by atoms with Crippen molar-refractivity contribution in [3.8, 4) is 0 Å². The van der Waals surface area contributed by atoms with E-state index in [0.29, 0.717) is 24.6 Å². The second-order valence-electron chi connectivity index (χ2n) is 5.87. The third-order valence-corrected chi connectivity index (χ3v) is 4.47. The second kappa shape index (κ2) is 7.29. The maximum Gasteiger partial charge on any atom is 0.241 e. The third kappa shape index (κ3) is 5.19. The number of anilines is 2. The highest BCUT2D eigenvalue weighted by Crippen LogP contribution is 2.23. The molecule has 1 fully saturated rings. The average molecular weight is 341 g/mol. The molecule has 1 aliphatic heterocycles. The highest BCUT2D eigenvalue weighted by Gasteiger charge is 2.26. The van der Waals surface area contributed by atoms with Crippen LogP contribution >= 0.6 is 0 Å². The summed E-state index contributed by atoms with van der Waals surface area (Å²) in [5.74, 6) is -0.172. The largest absolute Gasteiger partial charge is 0.381 e. The van der Waals surface area contributed by atoms with Crippen molar-refractivity contribution in [2.24, 2.45) is 11.7 Å². The minimum absolute atomic E-state index is 0.0998. The molecule has 0 bridgehead atoms. The third-order valence-electron chi connectivity index (χ3n) is 3.88. The topological polar surface area (TPSA) is 111 Å². The van der Waals surface area contributed by atoms with Gasteiger partial charge in [0.05, 0.1) is 18.0 Å². The van der Waals surface area contributed by atoms with Crippen molar-refractivity contribution in [3.63, 3.8) is 0 Å². The molecule has 1 aromatic rings. The summed E-state index contributed by atoms with van der Waals surface area (Å²) in [6.45, 7) is 3.03. The lowest BCUT2D eigenvalue weighted by atomic mass is 9.92. The molecule has 2 rings (SSSR count). The first-order chi connectivity index (χ1) is 10.8. The maximum atomic E-state index is 12.3. The Labute approximate surface area is 136 Å². The quantitative estimate of drug-likeness (QED) is 0.741. The fourth-order valence-corrected chi connectivity index (χ4v) is 3.14. The number of amides is 1. The fraction of sp³-hybridized carbons (Fsp3) is 0.533. The zero-order chi connectivity index (χ0) is 17.0. The Kier molecular flexibility index (Phi) is 5.61. The Morgan fingerprint density at radius 2 is 2.00 bits per heavy atom. The fourth-order valence-electron chi connectivity index (χ4n) is 2.52. The normalized spacial score (nSPS) is 17.5. The lowest BCUT2D eigenvalue weighted by Crippen LogP contribution is -2.44. The van der Waals surface area contributed by atoms with Gasteiger partial charge in [-0.05, 0) is 43.4 Å². The molecule has 0 saturated carbocycles. The number of ether oxygens (including phenoxy) is 1. The number of nitrogens with one attached hydrogen (secondary N) is 2. The van der Waals surface area contributed by atoms with E-state index in [2.05, 4.69) is 10.0 Å². The molecule has 1 aliphatic rings. The van der Waals surface area contributed by atoms with Gasteiger partial charge in [0.25, 0.3) is 0 Å². The molecule has 1 unspecified atom stereocenters. The van der Waals surface area contributed by atoms with Crippen molar-refractivity contribution in [2.75, 3.05) is 29.5 Å². The minimum atomic E-state index is -3.38. The van der Waals surface area contributed by atoms with E-state index in [4.69, 9.17) is 10.5 Å². The van der Waals surface area contributed by atoms with E-state index in [-0.39, 0.29) is 11.8 Å². The first-order valence-corrected chi connectivity index (χ1v) is 9.38. The monoisotopic (exact) mass is 341 g/mol. The first-order valence-electron chi connectivity index (χ1n) is 7.49. The van der Waals surface area contributed by atoms with Gasteiger partial charge in [-0.2, -0.15) is 0 Å². The number of aryl methyl sites for hydroxylation is 1. The molecule has 1 atom stereocenters. The number of benzene rings is 1. The zero-order valence-electron chi connectivity index (χ0n) is 13.3. The highest BCUT2D eigenvalue weighted by atomic mass is 32.2. The molecule has 1 amide bonds. The number of carbonyl (C=O) groups excluding carboxylic acids is 1. The van der Waals surface area contributed by atoms with E-state index in [1.807, 2.05) is 0 Å². The van der Waals surface area contributed by atoms with Crippen LogP contribution in [0.15, 0.2) is 18.2 Å². The molecule has 7 nitrogen and oxygen atoms in total. The summed E-state index contributed by atoms with van der Waals surface area (Å²) in [6.07, 6.45) is 2.62. The molecular formula is C15H23N3O4S. The Morgan fingerprint density at radius 1 is 1.35 bits per heavy atom. The predicted octanol–water partition coefficient (Wildman–Crippen LogP) is 1.06. The van der Waals surface area contributed by atoms with Crippen LogP contribution in [0.3, 0.4) is 0 Å². The predicted molar refractivity (Wildman–Crippen MR) is 89.8 cm³/mol. The summed E-state index contributed by atoms with van der Waals surface area (Å²) in [4.78, 5) is 12.3. The van der Waals surface area contributed by atoms with Crippen LogP contribution in [-0.2, 0) is 19.6 Å². The van der Waals surface area contributed by atoms with Gasteiger partial charge in [0.2, 0.25) is 15.9 Å². The van der Waals surface area contributed by atoms with Crippen LogP contribution in [0, 0.1) is 12.8 Å². The number of hydrogen-bond acceptors (Lipinski definition) is 5. The van der Waals surface area contributed by atoms with Crippen molar-refractivity contribution in [2.45, 2.75) is 25.8 Å². The number of hydrogen-bond donors (Lipinski definition) is 3.